The molecular weight excluding hydrogens is 294 g/mol. The van der Waals surface area contributed by atoms with Gasteiger partial charge in [-0.1, -0.05) is 32.3 Å². The summed E-state index contributed by atoms with van der Waals surface area (Å²) in [5.74, 6) is -0.361. The molecule has 3 rings (SSSR count). The predicted octanol–water partition coefficient (Wildman–Crippen LogP) is 6.13. The fourth-order valence-corrected chi connectivity index (χ4v) is 3.78. The van der Waals surface area contributed by atoms with E-state index in [1.54, 1.807) is 12.1 Å². The van der Waals surface area contributed by atoms with Crippen LogP contribution >= 0.6 is 0 Å². The summed E-state index contributed by atoms with van der Waals surface area (Å²) in [6.45, 7) is 2.68. The first kappa shape index (κ1) is 16.5. The van der Waals surface area contributed by atoms with Crippen LogP contribution in [0.15, 0.2) is 18.2 Å². The van der Waals surface area contributed by atoms with Crippen LogP contribution in [-0.2, 0) is 0 Å². The van der Waals surface area contributed by atoms with Crippen LogP contribution in [0.3, 0.4) is 0 Å². The van der Waals surface area contributed by atoms with Gasteiger partial charge in [0.2, 0.25) is 5.82 Å². The van der Waals surface area contributed by atoms with Crippen LogP contribution in [0.2, 0.25) is 0 Å². The first-order valence-corrected chi connectivity index (χ1v) is 8.99. The van der Waals surface area contributed by atoms with E-state index in [0.717, 1.165) is 44.1 Å². The van der Waals surface area contributed by atoms with Crippen LogP contribution < -0.4 is 4.74 Å². The molecule has 3 heteroatoms. The van der Waals surface area contributed by atoms with Gasteiger partial charge in [-0.05, 0) is 61.6 Å². The second-order valence-corrected chi connectivity index (χ2v) is 6.98. The van der Waals surface area contributed by atoms with Gasteiger partial charge >= 0.3 is 0 Å². The highest BCUT2D eigenvalue weighted by Gasteiger charge is 2.22. The molecule has 0 aliphatic heterocycles. The largest absolute Gasteiger partial charge is 0.490 e. The molecule has 0 aromatic heterocycles. The number of hydrogen-bond donors (Lipinski definition) is 0. The lowest BCUT2D eigenvalue weighted by molar-refractivity contribution is 0.239. The quantitative estimate of drug-likeness (QED) is 0.634. The molecular formula is C20H26F2O. The van der Waals surface area contributed by atoms with Crippen molar-refractivity contribution < 1.29 is 13.5 Å². The van der Waals surface area contributed by atoms with E-state index < -0.39 is 11.6 Å². The zero-order valence-electron chi connectivity index (χ0n) is 13.9. The summed E-state index contributed by atoms with van der Waals surface area (Å²) in [5, 5.41) is 0. The lowest BCUT2D eigenvalue weighted by Gasteiger charge is -2.21. The van der Waals surface area contributed by atoms with Crippen molar-refractivity contribution >= 4 is 5.57 Å². The van der Waals surface area contributed by atoms with E-state index in [1.807, 2.05) is 0 Å². The topological polar surface area (TPSA) is 9.23 Å². The smallest absolute Gasteiger partial charge is 0.201 e. The Morgan fingerprint density at radius 3 is 2.48 bits per heavy atom. The Morgan fingerprint density at radius 2 is 1.83 bits per heavy atom. The highest BCUT2D eigenvalue weighted by Crippen LogP contribution is 2.35. The molecule has 2 aliphatic carbocycles. The number of allylic oxidation sites excluding steroid dienone is 2. The van der Waals surface area contributed by atoms with Gasteiger partial charge in [0.1, 0.15) is 0 Å². The summed E-state index contributed by atoms with van der Waals surface area (Å²) in [5.41, 5.74) is 1.35. The molecule has 0 amide bonds. The van der Waals surface area contributed by atoms with Crippen LogP contribution in [0.5, 0.6) is 5.75 Å². The first-order valence-electron chi connectivity index (χ1n) is 8.99. The molecule has 1 saturated carbocycles. The van der Waals surface area contributed by atoms with Gasteiger partial charge < -0.3 is 4.74 Å². The summed E-state index contributed by atoms with van der Waals surface area (Å²) in [4.78, 5) is 0. The molecule has 0 bridgehead atoms. The van der Waals surface area contributed by atoms with Crippen molar-refractivity contribution in [2.45, 2.75) is 58.3 Å². The minimum atomic E-state index is -0.834. The molecule has 0 radical (unpaired) electrons. The van der Waals surface area contributed by atoms with E-state index >= 15 is 0 Å². The van der Waals surface area contributed by atoms with Gasteiger partial charge in [-0.15, -0.1) is 0 Å². The molecule has 1 fully saturated rings. The van der Waals surface area contributed by atoms with Crippen molar-refractivity contribution in [1.29, 1.82) is 0 Å². The lowest BCUT2D eigenvalue weighted by atomic mass is 9.85. The maximum absolute atomic E-state index is 14.4. The number of halogens is 2. The first-order chi connectivity index (χ1) is 11.2. The molecule has 1 unspecified atom stereocenters. The second-order valence-electron chi connectivity index (χ2n) is 6.98. The second kappa shape index (κ2) is 7.46. The third kappa shape index (κ3) is 3.76. The highest BCUT2D eigenvalue weighted by atomic mass is 19.2. The number of benzene rings is 1. The Hall–Kier alpha value is -1.38. The maximum atomic E-state index is 14.4. The van der Waals surface area contributed by atoms with Gasteiger partial charge in [-0.2, -0.15) is 4.39 Å². The SMILES string of the molecule is CCC1CC=C(c2ccc(OCC3CCCC3)c(F)c2F)CC1. The summed E-state index contributed by atoms with van der Waals surface area (Å²) in [6.07, 6.45) is 10.8. The van der Waals surface area contributed by atoms with Crippen molar-refractivity contribution in [3.8, 4) is 5.75 Å². The minimum Gasteiger partial charge on any atom is -0.490 e. The van der Waals surface area contributed by atoms with Crippen LogP contribution in [-0.4, -0.2) is 6.61 Å². The number of hydrogen-bond acceptors (Lipinski definition) is 1. The van der Waals surface area contributed by atoms with Crippen LogP contribution in [0.1, 0.15) is 63.9 Å². The van der Waals surface area contributed by atoms with Gasteiger partial charge in [-0.3, -0.25) is 0 Å². The summed E-state index contributed by atoms with van der Waals surface area (Å²) >= 11 is 0. The van der Waals surface area contributed by atoms with Gasteiger partial charge in [0.15, 0.2) is 11.6 Å². The zero-order chi connectivity index (χ0) is 16.2. The number of rotatable bonds is 5. The van der Waals surface area contributed by atoms with E-state index in [4.69, 9.17) is 4.74 Å². The highest BCUT2D eigenvalue weighted by molar-refractivity contribution is 5.67. The third-order valence-electron chi connectivity index (χ3n) is 5.44. The van der Waals surface area contributed by atoms with E-state index in [0.29, 0.717) is 24.0 Å². The Kier molecular flexibility index (Phi) is 5.34. The Balaban J connectivity index is 1.71. The van der Waals surface area contributed by atoms with Crippen LogP contribution in [0.25, 0.3) is 5.57 Å². The summed E-state index contributed by atoms with van der Waals surface area (Å²) in [6, 6.07) is 3.27. The van der Waals surface area contributed by atoms with Crippen molar-refractivity contribution in [2.24, 2.45) is 11.8 Å². The molecule has 2 aliphatic rings. The fourth-order valence-electron chi connectivity index (χ4n) is 3.78. The molecule has 0 spiro atoms. The van der Waals surface area contributed by atoms with Crippen molar-refractivity contribution in [2.75, 3.05) is 6.61 Å². The van der Waals surface area contributed by atoms with Crippen molar-refractivity contribution in [3.05, 3.63) is 35.4 Å². The van der Waals surface area contributed by atoms with Gasteiger partial charge in [0, 0.05) is 5.56 Å². The normalized spacial score (nSPS) is 22.2. The summed E-state index contributed by atoms with van der Waals surface area (Å²) in [7, 11) is 0. The molecule has 126 valence electrons. The van der Waals surface area contributed by atoms with Gasteiger partial charge in [0.25, 0.3) is 0 Å². The number of ether oxygens (including phenoxy) is 1. The molecule has 0 N–H and O–H groups in total. The summed E-state index contributed by atoms with van der Waals surface area (Å²) < 4.78 is 34.3. The molecule has 23 heavy (non-hydrogen) atoms. The maximum Gasteiger partial charge on any atom is 0.201 e. The standard InChI is InChI=1S/C20H26F2O/c1-2-14-7-9-16(10-8-14)17-11-12-18(20(22)19(17)21)23-13-15-5-3-4-6-15/h9,11-12,14-15H,2-8,10,13H2,1H3. The van der Waals surface area contributed by atoms with E-state index in [2.05, 4.69) is 13.0 Å². The Labute approximate surface area is 137 Å². The average Bonchev–Trinajstić information content (AvgIpc) is 3.10. The Morgan fingerprint density at radius 1 is 1.04 bits per heavy atom. The third-order valence-corrected chi connectivity index (χ3v) is 5.44. The van der Waals surface area contributed by atoms with Crippen molar-refractivity contribution in [1.82, 2.24) is 0 Å². The molecule has 1 atom stereocenters. The molecule has 1 aromatic rings. The van der Waals surface area contributed by atoms with Crippen LogP contribution in [0, 0.1) is 23.5 Å². The molecule has 1 nitrogen and oxygen atoms in total. The lowest BCUT2D eigenvalue weighted by Crippen LogP contribution is -2.10. The monoisotopic (exact) mass is 320 g/mol. The van der Waals surface area contributed by atoms with Crippen LogP contribution in [0.4, 0.5) is 8.78 Å². The Bertz CT molecular complexity index is 573. The fraction of sp³-hybridized carbons (Fsp3) is 0.600. The molecule has 0 saturated heterocycles. The van der Waals surface area contributed by atoms with E-state index in [-0.39, 0.29) is 5.75 Å². The predicted molar refractivity (Wildman–Crippen MR) is 89.4 cm³/mol. The molecule has 0 heterocycles. The minimum absolute atomic E-state index is 0.0565. The molecule has 1 aromatic carbocycles. The average molecular weight is 320 g/mol. The van der Waals surface area contributed by atoms with E-state index in [1.165, 1.54) is 12.8 Å². The van der Waals surface area contributed by atoms with Gasteiger partial charge in [0.05, 0.1) is 6.61 Å². The zero-order valence-corrected chi connectivity index (χ0v) is 13.9. The van der Waals surface area contributed by atoms with Crippen molar-refractivity contribution in [3.63, 3.8) is 0 Å². The van der Waals surface area contributed by atoms with E-state index in [9.17, 15) is 8.78 Å². The van der Waals surface area contributed by atoms with Gasteiger partial charge in [-0.25, -0.2) is 4.39 Å².